The summed E-state index contributed by atoms with van der Waals surface area (Å²) in [6.45, 7) is 7.20. The van der Waals surface area contributed by atoms with Crippen molar-refractivity contribution in [2.45, 2.75) is 77.4 Å². The Hall–Kier alpha value is -2.50. The van der Waals surface area contributed by atoms with Crippen LogP contribution in [0.15, 0.2) is 24.3 Å². The van der Waals surface area contributed by atoms with E-state index in [1.807, 2.05) is 27.8 Å². The van der Waals surface area contributed by atoms with E-state index in [4.69, 9.17) is 4.74 Å². The molecular weight excluding hydrogens is 426 g/mol. The molecule has 2 amide bonds. The van der Waals surface area contributed by atoms with Crippen molar-refractivity contribution < 1.29 is 14.3 Å². The second-order valence-corrected chi connectivity index (χ2v) is 11.7. The zero-order chi connectivity index (χ0) is 24.0. The molecule has 0 radical (unpaired) electrons. The molecule has 5 rings (SSSR count). The predicted molar refractivity (Wildman–Crippen MR) is 133 cm³/mol. The summed E-state index contributed by atoms with van der Waals surface area (Å²) >= 11 is 0. The van der Waals surface area contributed by atoms with Crippen LogP contribution in [-0.4, -0.2) is 52.5 Å². The average molecular weight is 466 g/mol. The second kappa shape index (κ2) is 8.94. The zero-order valence-corrected chi connectivity index (χ0v) is 21.1. The maximum Gasteiger partial charge on any atom is 0.410 e. The molecule has 2 fully saturated rings. The molecule has 0 bridgehead atoms. The molecule has 2 heterocycles. The van der Waals surface area contributed by atoms with Gasteiger partial charge in [-0.05, 0) is 89.2 Å². The van der Waals surface area contributed by atoms with Crippen molar-refractivity contribution in [1.82, 2.24) is 14.8 Å². The van der Waals surface area contributed by atoms with Gasteiger partial charge in [0.15, 0.2) is 0 Å². The first-order chi connectivity index (χ1) is 16.2. The van der Waals surface area contributed by atoms with Gasteiger partial charge >= 0.3 is 6.09 Å². The van der Waals surface area contributed by atoms with Gasteiger partial charge in [-0.1, -0.05) is 18.2 Å². The molecular formula is C28H39N3O3. The number of ether oxygens (including phenoxy) is 1. The van der Waals surface area contributed by atoms with Crippen LogP contribution in [0.1, 0.15) is 76.6 Å². The Morgan fingerprint density at radius 2 is 1.79 bits per heavy atom. The van der Waals surface area contributed by atoms with Crippen LogP contribution in [0.5, 0.6) is 0 Å². The van der Waals surface area contributed by atoms with E-state index in [1.165, 1.54) is 35.0 Å². The van der Waals surface area contributed by atoms with E-state index < -0.39 is 5.60 Å². The average Bonchev–Trinajstić information content (AvgIpc) is 3.57. The summed E-state index contributed by atoms with van der Waals surface area (Å²) in [6, 6.07) is 8.76. The normalized spacial score (nSPS) is 25.2. The van der Waals surface area contributed by atoms with E-state index in [2.05, 4.69) is 34.1 Å². The highest BCUT2D eigenvalue weighted by Crippen LogP contribution is 2.49. The van der Waals surface area contributed by atoms with Crippen LogP contribution in [0, 0.1) is 17.8 Å². The van der Waals surface area contributed by atoms with Gasteiger partial charge in [0.25, 0.3) is 0 Å². The van der Waals surface area contributed by atoms with Gasteiger partial charge in [0, 0.05) is 42.7 Å². The molecule has 1 aromatic heterocycles. The lowest BCUT2D eigenvalue weighted by Crippen LogP contribution is -2.45. The molecule has 1 N–H and O–H groups in total. The summed E-state index contributed by atoms with van der Waals surface area (Å²) in [7, 11) is 1.82. The van der Waals surface area contributed by atoms with E-state index in [-0.39, 0.29) is 18.1 Å². The Kier molecular flexibility index (Phi) is 6.11. The Morgan fingerprint density at radius 3 is 2.47 bits per heavy atom. The number of amides is 2. The highest BCUT2D eigenvalue weighted by atomic mass is 16.6. The number of hydrogen-bond donors (Lipinski definition) is 1. The largest absolute Gasteiger partial charge is 0.444 e. The third kappa shape index (κ3) is 4.69. The van der Waals surface area contributed by atoms with Gasteiger partial charge in [-0.15, -0.1) is 0 Å². The number of nitrogens with zero attached hydrogens (tertiary/aromatic N) is 2. The van der Waals surface area contributed by atoms with Crippen molar-refractivity contribution in [3.05, 3.63) is 35.5 Å². The number of aromatic nitrogens is 1. The standard InChI is InChI=1S/C28H39N3O3/c1-28(2,3)34-27(33)30(4)17-18-9-11-20(12-10-18)26(32)31-16-15-22-21-7-5-6-8-23(21)29-24(22)25(31)19-13-14-19/h5-8,18-20,25,29H,9-17H2,1-4H3. The van der Waals surface area contributed by atoms with E-state index in [0.717, 1.165) is 38.6 Å². The number of carbonyl (C=O) groups excluding carboxylic acids is 2. The van der Waals surface area contributed by atoms with E-state index >= 15 is 0 Å². The van der Waals surface area contributed by atoms with Gasteiger partial charge in [0.2, 0.25) is 5.91 Å². The SMILES string of the molecule is CN(CC1CCC(C(=O)N2CCc3c([nH]c4ccccc34)C2C2CC2)CC1)C(=O)OC(C)(C)C. The highest BCUT2D eigenvalue weighted by molar-refractivity contribution is 5.86. The third-order valence-corrected chi connectivity index (χ3v) is 7.87. The molecule has 0 spiro atoms. The van der Waals surface area contributed by atoms with Crippen LogP contribution in [0.4, 0.5) is 4.79 Å². The maximum atomic E-state index is 13.7. The fraction of sp³-hybridized carbons (Fsp3) is 0.643. The first-order valence-corrected chi connectivity index (χ1v) is 13.1. The molecule has 1 unspecified atom stereocenters. The molecule has 184 valence electrons. The van der Waals surface area contributed by atoms with Gasteiger partial charge in [-0.2, -0.15) is 0 Å². The van der Waals surface area contributed by atoms with E-state index in [1.54, 1.807) is 4.90 Å². The van der Waals surface area contributed by atoms with E-state index in [0.29, 0.717) is 24.3 Å². The minimum Gasteiger partial charge on any atom is -0.444 e. The smallest absolute Gasteiger partial charge is 0.410 e. The third-order valence-electron chi connectivity index (χ3n) is 7.87. The Labute approximate surface area is 203 Å². The first-order valence-electron chi connectivity index (χ1n) is 13.1. The Balaban J connectivity index is 1.22. The first kappa shape index (κ1) is 23.3. The summed E-state index contributed by atoms with van der Waals surface area (Å²) in [6.07, 6.45) is 6.91. The minimum atomic E-state index is -0.479. The van der Waals surface area contributed by atoms with Crippen LogP contribution in [0.3, 0.4) is 0 Å². The topological polar surface area (TPSA) is 65.6 Å². The number of carbonyl (C=O) groups is 2. The molecule has 6 nitrogen and oxygen atoms in total. The maximum absolute atomic E-state index is 13.7. The minimum absolute atomic E-state index is 0.107. The lowest BCUT2D eigenvalue weighted by molar-refractivity contribution is -0.140. The van der Waals surface area contributed by atoms with Crippen molar-refractivity contribution in [1.29, 1.82) is 0 Å². The number of aromatic amines is 1. The molecule has 6 heteroatoms. The lowest BCUT2D eigenvalue weighted by atomic mass is 9.80. The fourth-order valence-electron chi connectivity index (χ4n) is 6.05. The molecule has 0 saturated heterocycles. The number of rotatable bonds is 4. The highest BCUT2D eigenvalue weighted by Gasteiger charge is 2.44. The van der Waals surface area contributed by atoms with E-state index in [9.17, 15) is 9.59 Å². The molecule has 2 aliphatic carbocycles. The molecule has 1 aromatic carbocycles. The van der Waals surface area contributed by atoms with Crippen LogP contribution >= 0.6 is 0 Å². The van der Waals surface area contributed by atoms with Crippen molar-refractivity contribution in [2.75, 3.05) is 20.1 Å². The molecule has 1 aliphatic heterocycles. The molecule has 2 saturated carbocycles. The Bertz CT molecular complexity index is 1060. The van der Waals surface area contributed by atoms with Gasteiger partial charge in [-0.25, -0.2) is 4.79 Å². The van der Waals surface area contributed by atoms with Crippen LogP contribution < -0.4 is 0 Å². The van der Waals surface area contributed by atoms with Crippen LogP contribution in [-0.2, 0) is 16.0 Å². The quantitative estimate of drug-likeness (QED) is 0.632. The van der Waals surface area contributed by atoms with Crippen molar-refractivity contribution in [2.24, 2.45) is 17.8 Å². The second-order valence-electron chi connectivity index (χ2n) is 11.7. The fourth-order valence-corrected chi connectivity index (χ4v) is 6.05. The number of hydrogen-bond acceptors (Lipinski definition) is 3. The molecule has 1 atom stereocenters. The summed E-state index contributed by atoms with van der Waals surface area (Å²) in [5.74, 6) is 1.48. The van der Waals surface area contributed by atoms with Gasteiger partial charge in [0.05, 0.1) is 6.04 Å². The summed E-state index contributed by atoms with van der Waals surface area (Å²) in [5, 5.41) is 1.32. The summed E-state index contributed by atoms with van der Waals surface area (Å²) in [4.78, 5) is 33.7. The number of nitrogens with one attached hydrogen (secondary N) is 1. The van der Waals surface area contributed by atoms with Gasteiger partial charge in [0.1, 0.15) is 5.60 Å². The van der Waals surface area contributed by atoms with Gasteiger partial charge in [-0.3, -0.25) is 4.79 Å². The molecule has 2 aromatic rings. The number of fused-ring (bicyclic) bond motifs is 3. The number of benzene rings is 1. The van der Waals surface area contributed by atoms with Crippen molar-refractivity contribution in [3.63, 3.8) is 0 Å². The molecule has 3 aliphatic rings. The number of H-pyrrole nitrogens is 1. The predicted octanol–water partition coefficient (Wildman–Crippen LogP) is 5.68. The summed E-state index contributed by atoms with van der Waals surface area (Å²) < 4.78 is 5.49. The number of para-hydroxylation sites is 1. The summed E-state index contributed by atoms with van der Waals surface area (Å²) in [5.41, 5.74) is 3.43. The lowest BCUT2D eigenvalue weighted by Gasteiger charge is -2.40. The monoisotopic (exact) mass is 465 g/mol. The zero-order valence-electron chi connectivity index (χ0n) is 21.1. The molecule has 34 heavy (non-hydrogen) atoms. The van der Waals surface area contributed by atoms with Crippen molar-refractivity contribution in [3.8, 4) is 0 Å². The van der Waals surface area contributed by atoms with Crippen LogP contribution in [0.25, 0.3) is 10.9 Å². The van der Waals surface area contributed by atoms with Crippen molar-refractivity contribution >= 4 is 22.9 Å². The van der Waals surface area contributed by atoms with Crippen LogP contribution in [0.2, 0.25) is 0 Å². The Morgan fingerprint density at radius 1 is 1.09 bits per heavy atom. The van der Waals surface area contributed by atoms with Gasteiger partial charge < -0.3 is 19.5 Å².